The van der Waals surface area contributed by atoms with Crippen LogP contribution in [-0.2, 0) is 19.7 Å². The van der Waals surface area contributed by atoms with E-state index in [0.717, 1.165) is 6.08 Å². The summed E-state index contributed by atoms with van der Waals surface area (Å²) in [5.74, 6) is -2.63. The van der Waals surface area contributed by atoms with Gasteiger partial charge in [-0.15, -0.1) is 0 Å². The first-order valence-electron chi connectivity index (χ1n) is 3.45. The molecule has 0 spiro atoms. The molecular weight excluding hydrogens is 214 g/mol. The highest BCUT2D eigenvalue weighted by atomic mass is 32.2. The Kier molecular flexibility index (Phi) is 4.81. The van der Waals surface area contributed by atoms with Gasteiger partial charge in [-0.25, -0.2) is 4.79 Å². The van der Waals surface area contributed by atoms with Crippen LogP contribution in [-0.4, -0.2) is 42.3 Å². The molecular formula is C6H9NO6S. The summed E-state index contributed by atoms with van der Waals surface area (Å²) >= 11 is 0. The third-order valence-corrected chi connectivity index (χ3v) is 1.76. The van der Waals surface area contributed by atoms with Gasteiger partial charge in [0.2, 0.25) is 5.91 Å². The molecule has 80 valence electrons. The summed E-state index contributed by atoms with van der Waals surface area (Å²) < 4.78 is 28.6. The molecule has 0 saturated heterocycles. The quantitative estimate of drug-likeness (QED) is 0.390. The van der Waals surface area contributed by atoms with E-state index in [0.29, 0.717) is 6.08 Å². The average molecular weight is 223 g/mol. The molecule has 0 aromatic rings. The van der Waals surface area contributed by atoms with Gasteiger partial charge in [-0.2, -0.15) is 8.42 Å². The van der Waals surface area contributed by atoms with E-state index in [-0.39, 0.29) is 6.54 Å². The molecule has 14 heavy (non-hydrogen) atoms. The average Bonchev–Trinajstić information content (AvgIpc) is 1.98. The van der Waals surface area contributed by atoms with Crippen LogP contribution in [0.5, 0.6) is 0 Å². The zero-order valence-electron chi connectivity index (χ0n) is 7.00. The Hall–Kier alpha value is -1.41. The Bertz CT molecular complexity index is 343. The number of aliphatic carboxylic acids is 1. The topological polar surface area (TPSA) is 121 Å². The second-order valence-corrected chi connectivity index (χ2v) is 3.82. The van der Waals surface area contributed by atoms with Crippen molar-refractivity contribution in [3.63, 3.8) is 0 Å². The van der Waals surface area contributed by atoms with Crippen LogP contribution in [0.3, 0.4) is 0 Å². The van der Waals surface area contributed by atoms with Crippen LogP contribution in [0.2, 0.25) is 0 Å². The van der Waals surface area contributed by atoms with Gasteiger partial charge in [-0.3, -0.25) is 9.35 Å². The van der Waals surface area contributed by atoms with E-state index in [4.69, 9.17) is 9.66 Å². The Morgan fingerprint density at radius 2 is 1.86 bits per heavy atom. The molecule has 0 saturated carbocycles. The molecule has 0 aromatic carbocycles. The molecule has 1 amide bonds. The fourth-order valence-electron chi connectivity index (χ4n) is 0.509. The molecule has 7 nitrogen and oxygen atoms in total. The molecule has 0 heterocycles. The van der Waals surface area contributed by atoms with Gasteiger partial charge in [-0.05, 0) is 0 Å². The molecule has 8 heteroatoms. The largest absolute Gasteiger partial charge is 0.478 e. The number of carboxylic acid groups (broad SMARTS) is 1. The van der Waals surface area contributed by atoms with Crippen molar-refractivity contribution in [2.24, 2.45) is 0 Å². The maximum Gasteiger partial charge on any atom is 0.328 e. The van der Waals surface area contributed by atoms with E-state index < -0.39 is 27.7 Å². The second kappa shape index (κ2) is 5.35. The third-order valence-electron chi connectivity index (χ3n) is 1.04. The lowest BCUT2D eigenvalue weighted by Gasteiger charge is -1.98. The van der Waals surface area contributed by atoms with Crippen molar-refractivity contribution < 1.29 is 27.7 Å². The molecule has 0 radical (unpaired) electrons. The monoisotopic (exact) mass is 223 g/mol. The van der Waals surface area contributed by atoms with Crippen LogP contribution < -0.4 is 5.32 Å². The Morgan fingerprint density at radius 3 is 2.29 bits per heavy atom. The maximum absolute atomic E-state index is 10.7. The van der Waals surface area contributed by atoms with E-state index in [9.17, 15) is 18.0 Å². The first-order valence-corrected chi connectivity index (χ1v) is 5.06. The fraction of sp³-hybridized carbons (Fsp3) is 0.333. The number of hydrogen-bond acceptors (Lipinski definition) is 4. The minimum atomic E-state index is -4.11. The van der Waals surface area contributed by atoms with Crippen molar-refractivity contribution in [3.8, 4) is 0 Å². The summed E-state index contributed by atoms with van der Waals surface area (Å²) in [5.41, 5.74) is 0. The standard InChI is InChI=1S/C6H9NO6S/c8-5(1-2-6(9)10)7-3-4-14(11,12)13/h1-2H,3-4H2,(H,7,8)(H,9,10)(H,11,12,13)/b2-1-. The van der Waals surface area contributed by atoms with Gasteiger partial charge >= 0.3 is 5.97 Å². The van der Waals surface area contributed by atoms with Gasteiger partial charge in [0, 0.05) is 18.7 Å². The molecule has 0 rings (SSSR count). The number of nitrogens with one attached hydrogen (secondary N) is 1. The molecule has 0 fully saturated rings. The van der Waals surface area contributed by atoms with Gasteiger partial charge in [0.05, 0.1) is 5.75 Å². The first kappa shape index (κ1) is 12.6. The van der Waals surface area contributed by atoms with Crippen LogP contribution >= 0.6 is 0 Å². The van der Waals surface area contributed by atoms with Crippen LogP contribution in [0, 0.1) is 0 Å². The lowest BCUT2D eigenvalue weighted by Crippen LogP contribution is -2.27. The summed E-state index contributed by atoms with van der Waals surface area (Å²) in [6, 6.07) is 0. The number of carbonyl (C=O) groups is 2. The highest BCUT2D eigenvalue weighted by Gasteiger charge is 2.04. The highest BCUT2D eigenvalue weighted by Crippen LogP contribution is 1.80. The SMILES string of the molecule is O=C(O)/C=C\C(=O)NCCS(=O)(=O)O. The third kappa shape index (κ3) is 8.68. The fourth-order valence-corrected chi connectivity index (χ4v) is 0.869. The van der Waals surface area contributed by atoms with Crippen LogP contribution in [0.25, 0.3) is 0 Å². The van der Waals surface area contributed by atoms with Crippen LogP contribution in [0.1, 0.15) is 0 Å². The smallest absolute Gasteiger partial charge is 0.328 e. The molecule has 0 atom stereocenters. The van der Waals surface area contributed by atoms with Crippen molar-refractivity contribution in [1.82, 2.24) is 5.32 Å². The van der Waals surface area contributed by atoms with Crippen molar-refractivity contribution in [2.75, 3.05) is 12.3 Å². The zero-order valence-corrected chi connectivity index (χ0v) is 7.82. The molecule has 0 aliphatic carbocycles. The summed E-state index contributed by atoms with van der Waals surface area (Å²) in [5, 5.41) is 10.2. The first-order chi connectivity index (χ1) is 6.31. The summed E-state index contributed by atoms with van der Waals surface area (Å²) in [6.07, 6.45) is 1.36. The van der Waals surface area contributed by atoms with Crippen LogP contribution in [0.4, 0.5) is 0 Å². The lowest BCUT2D eigenvalue weighted by atomic mass is 10.4. The summed E-state index contributed by atoms with van der Waals surface area (Å²) in [6.45, 7) is -0.276. The number of carbonyl (C=O) groups excluding carboxylic acids is 1. The predicted octanol–water partition coefficient (Wildman–Crippen LogP) is -1.37. The van der Waals surface area contributed by atoms with Crippen molar-refractivity contribution in [1.29, 1.82) is 0 Å². The zero-order chi connectivity index (χ0) is 11.2. The van der Waals surface area contributed by atoms with E-state index in [1.54, 1.807) is 0 Å². The van der Waals surface area contributed by atoms with E-state index in [1.807, 2.05) is 0 Å². The minimum absolute atomic E-state index is 0.276. The summed E-state index contributed by atoms with van der Waals surface area (Å²) in [4.78, 5) is 20.6. The Morgan fingerprint density at radius 1 is 1.29 bits per heavy atom. The minimum Gasteiger partial charge on any atom is -0.478 e. The lowest BCUT2D eigenvalue weighted by molar-refractivity contribution is -0.131. The summed E-state index contributed by atoms with van der Waals surface area (Å²) in [7, 11) is -4.11. The van der Waals surface area contributed by atoms with Crippen molar-refractivity contribution in [3.05, 3.63) is 12.2 Å². The Labute approximate surface area is 80.2 Å². The van der Waals surface area contributed by atoms with Crippen LogP contribution in [0.15, 0.2) is 12.2 Å². The van der Waals surface area contributed by atoms with E-state index in [1.165, 1.54) is 0 Å². The predicted molar refractivity (Wildman–Crippen MR) is 46.2 cm³/mol. The molecule has 0 aliphatic rings. The van der Waals surface area contributed by atoms with Gasteiger partial charge in [0.25, 0.3) is 10.1 Å². The molecule has 0 bridgehead atoms. The number of amides is 1. The molecule has 0 aliphatic heterocycles. The van der Waals surface area contributed by atoms with Gasteiger partial charge < -0.3 is 10.4 Å². The molecule has 3 N–H and O–H groups in total. The van der Waals surface area contributed by atoms with Gasteiger partial charge in [0.15, 0.2) is 0 Å². The second-order valence-electron chi connectivity index (χ2n) is 2.25. The maximum atomic E-state index is 10.7. The highest BCUT2D eigenvalue weighted by molar-refractivity contribution is 7.85. The van der Waals surface area contributed by atoms with Gasteiger partial charge in [-0.1, -0.05) is 0 Å². The van der Waals surface area contributed by atoms with Crippen molar-refractivity contribution in [2.45, 2.75) is 0 Å². The number of carboxylic acids is 1. The number of hydrogen-bond donors (Lipinski definition) is 3. The van der Waals surface area contributed by atoms with E-state index >= 15 is 0 Å². The van der Waals surface area contributed by atoms with E-state index in [2.05, 4.69) is 5.32 Å². The molecule has 0 aromatic heterocycles. The van der Waals surface area contributed by atoms with Gasteiger partial charge in [0.1, 0.15) is 0 Å². The number of rotatable bonds is 5. The van der Waals surface area contributed by atoms with Crippen molar-refractivity contribution >= 4 is 22.0 Å². The molecule has 0 unspecified atom stereocenters. The normalized spacial score (nSPS) is 11.5. The Balaban J connectivity index is 3.82.